The summed E-state index contributed by atoms with van der Waals surface area (Å²) in [5.74, 6) is 0.797. The number of nitrogen functional groups attached to an aromatic ring is 2. The molecule has 0 aliphatic carbocycles. The quantitative estimate of drug-likeness (QED) is 0.484. The summed E-state index contributed by atoms with van der Waals surface area (Å²) in [5, 5.41) is 0.403. The molecule has 0 saturated heterocycles. The van der Waals surface area contributed by atoms with Gasteiger partial charge in [0.25, 0.3) is 0 Å². The lowest BCUT2D eigenvalue weighted by Crippen LogP contribution is -2.31. The zero-order chi connectivity index (χ0) is 19.1. The average Bonchev–Trinajstić information content (AvgIpc) is 2.66. The van der Waals surface area contributed by atoms with E-state index in [9.17, 15) is 4.79 Å². The zero-order valence-corrected chi connectivity index (χ0v) is 15.6. The van der Waals surface area contributed by atoms with Gasteiger partial charge < -0.3 is 16.4 Å². The first kappa shape index (κ1) is 18.7. The van der Waals surface area contributed by atoms with Crippen LogP contribution in [0.5, 0.6) is 0 Å². The standard InChI is InChI=1S/C20H21N5OS/c21-17-11-18(22)24-20(23-17)27-14-19(26)25(12-15-7-3-1-4-8-15)13-16-9-5-2-6-10-16/h1-11H,12-14H2,(H4,21,22,23,24). The van der Waals surface area contributed by atoms with Gasteiger partial charge in [0, 0.05) is 19.2 Å². The number of nitrogens with zero attached hydrogens (tertiary/aromatic N) is 3. The van der Waals surface area contributed by atoms with E-state index in [0.29, 0.717) is 29.9 Å². The topological polar surface area (TPSA) is 98.1 Å². The van der Waals surface area contributed by atoms with Crippen molar-refractivity contribution >= 4 is 29.3 Å². The van der Waals surface area contributed by atoms with Crippen molar-refractivity contribution in [1.29, 1.82) is 0 Å². The van der Waals surface area contributed by atoms with Gasteiger partial charge in [-0.3, -0.25) is 4.79 Å². The minimum atomic E-state index is -0.00250. The molecule has 27 heavy (non-hydrogen) atoms. The van der Waals surface area contributed by atoms with E-state index in [1.54, 1.807) is 0 Å². The number of nitrogens with two attached hydrogens (primary N) is 2. The van der Waals surface area contributed by atoms with Crippen molar-refractivity contribution in [2.45, 2.75) is 18.2 Å². The summed E-state index contributed by atoms with van der Waals surface area (Å²) < 4.78 is 0. The molecular weight excluding hydrogens is 358 g/mol. The molecule has 1 aromatic heterocycles. The number of hydrogen-bond donors (Lipinski definition) is 2. The Morgan fingerprint density at radius 3 is 1.81 bits per heavy atom. The van der Waals surface area contributed by atoms with Gasteiger partial charge in [0.2, 0.25) is 5.91 Å². The minimum Gasteiger partial charge on any atom is -0.383 e. The normalized spacial score (nSPS) is 10.5. The largest absolute Gasteiger partial charge is 0.383 e. The fourth-order valence-corrected chi connectivity index (χ4v) is 3.36. The van der Waals surface area contributed by atoms with Gasteiger partial charge in [-0.25, -0.2) is 9.97 Å². The third-order valence-electron chi connectivity index (χ3n) is 3.86. The fourth-order valence-electron chi connectivity index (χ4n) is 2.58. The van der Waals surface area contributed by atoms with Gasteiger partial charge >= 0.3 is 0 Å². The molecule has 4 N–H and O–H groups in total. The first-order valence-corrected chi connectivity index (χ1v) is 9.47. The number of benzene rings is 2. The van der Waals surface area contributed by atoms with E-state index >= 15 is 0 Å². The fraction of sp³-hybridized carbons (Fsp3) is 0.150. The van der Waals surface area contributed by atoms with Crippen LogP contribution in [0.4, 0.5) is 11.6 Å². The van der Waals surface area contributed by atoms with E-state index in [2.05, 4.69) is 9.97 Å². The first-order chi connectivity index (χ1) is 13.1. The Kier molecular flexibility index (Phi) is 6.27. The zero-order valence-electron chi connectivity index (χ0n) is 14.8. The molecule has 6 nitrogen and oxygen atoms in total. The van der Waals surface area contributed by atoms with Crippen LogP contribution in [0.2, 0.25) is 0 Å². The molecule has 0 unspecified atom stereocenters. The molecule has 2 aromatic carbocycles. The number of carbonyl (C=O) groups is 1. The molecule has 0 aliphatic rings. The van der Waals surface area contributed by atoms with Gasteiger partial charge in [0.15, 0.2) is 5.16 Å². The molecule has 3 rings (SSSR count). The lowest BCUT2D eigenvalue weighted by atomic mass is 10.1. The summed E-state index contributed by atoms with van der Waals surface area (Å²) in [4.78, 5) is 22.9. The molecule has 1 heterocycles. The Bertz CT molecular complexity index is 828. The maximum atomic E-state index is 12.9. The molecule has 3 aromatic rings. The van der Waals surface area contributed by atoms with Crippen molar-refractivity contribution < 1.29 is 4.79 Å². The molecule has 0 aliphatic heterocycles. The second-order valence-electron chi connectivity index (χ2n) is 6.01. The summed E-state index contributed by atoms with van der Waals surface area (Å²) in [6, 6.07) is 21.4. The maximum absolute atomic E-state index is 12.9. The van der Waals surface area contributed by atoms with E-state index in [-0.39, 0.29) is 11.7 Å². The van der Waals surface area contributed by atoms with Crippen molar-refractivity contribution in [2.24, 2.45) is 0 Å². The van der Waals surface area contributed by atoms with Crippen LogP contribution in [0, 0.1) is 0 Å². The molecule has 0 fully saturated rings. The number of amides is 1. The lowest BCUT2D eigenvalue weighted by Gasteiger charge is -2.23. The van der Waals surface area contributed by atoms with Crippen molar-refractivity contribution in [3.63, 3.8) is 0 Å². The summed E-state index contributed by atoms with van der Waals surface area (Å²) >= 11 is 1.23. The second-order valence-corrected chi connectivity index (χ2v) is 6.95. The summed E-state index contributed by atoms with van der Waals surface area (Å²) in [7, 11) is 0. The van der Waals surface area contributed by atoms with E-state index in [1.807, 2.05) is 65.6 Å². The Balaban J connectivity index is 1.71. The number of aromatic nitrogens is 2. The van der Waals surface area contributed by atoms with Crippen LogP contribution in [0.3, 0.4) is 0 Å². The van der Waals surface area contributed by atoms with Gasteiger partial charge in [-0.15, -0.1) is 0 Å². The van der Waals surface area contributed by atoms with Gasteiger partial charge in [-0.05, 0) is 11.1 Å². The lowest BCUT2D eigenvalue weighted by molar-refractivity contribution is -0.129. The third kappa shape index (κ3) is 5.72. The first-order valence-electron chi connectivity index (χ1n) is 8.48. The Labute approximate surface area is 162 Å². The number of hydrogen-bond acceptors (Lipinski definition) is 6. The van der Waals surface area contributed by atoms with Crippen LogP contribution >= 0.6 is 11.8 Å². The molecule has 138 valence electrons. The number of anilines is 2. The molecule has 1 amide bonds. The van der Waals surface area contributed by atoms with Crippen molar-refractivity contribution in [3.05, 3.63) is 77.9 Å². The minimum absolute atomic E-state index is 0.00250. The molecule has 7 heteroatoms. The molecular formula is C20H21N5OS. The molecule has 0 saturated carbocycles. The highest BCUT2D eigenvalue weighted by Gasteiger charge is 2.16. The van der Waals surface area contributed by atoms with Gasteiger partial charge in [0.05, 0.1) is 5.75 Å². The predicted molar refractivity (Wildman–Crippen MR) is 109 cm³/mol. The number of thioether (sulfide) groups is 1. The summed E-state index contributed by atoms with van der Waals surface area (Å²) in [6.07, 6.45) is 0. The average molecular weight is 379 g/mol. The van der Waals surface area contributed by atoms with Gasteiger partial charge in [0.1, 0.15) is 11.6 Å². The molecule has 0 spiro atoms. The monoisotopic (exact) mass is 379 g/mol. The number of carbonyl (C=O) groups excluding carboxylic acids is 1. The van der Waals surface area contributed by atoms with Crippen LogP contribution in [0.1, 0.15) is 11.1 Å². The van der Waals surface area contributed by atoms with Gasteiger partial charge in [-0.1, -0.05) is 72.4 Å². The van der Waals surface area contributed by atoms with Crippen LogP contribution in [-0.2, 0) is 17.9 Å². The third-order valence-corrected chi connectivity index (χ3v) is 4.69. The van der Waals surface area contributed by atoms with Crippen LogP contribution in [0.15, 0.2) is 71.9 Å². The smallest absolute Gasteiger partial charge is 0.233 e. The Morgan fingerprint density at radius 2 is 1.33 bits per heavy atom. The van der Waals surface area contributed by atoms with E-state index < -0.39 is 0 Å². The van der Waals surface area contributed by atoms with Crippen LogP contribution in [0.25, 0.3) is 0 Å². The van der Waals surface area contributed by atoms with Crippen molar-refractivity contribution in [1.82, 2.24) is 14.9 Å². The SMILES string of the molecule is Nc1cc(N)nc(SCC(=O)N(Cc2ccccc2)Cc2ccccc2)n1. The van der Waals surface area contributed by atoms with Crippen LogP contribution < -0.4 is 11.5 Å². The predicted octanol–water partition coefficient (Wildman–Crippen LogP) is 2.96. The van der Waals surface area contributed by atoms with Crippen molar-refractivity contribution in [2.75, 3.05) is 17.2 Å². The van der Waals surface area contributed by atoms with Crippen LogP contribution in [-0.4, -0.2) is 26.5 Å². The molecule has 0 atom stereocenters. The van der Waals surface area contributed by atoms with Gasteiger partial charge in [-0.2, -0.15) is 0 Å². The summed E-state index contributed by atoms with van der Waals surface area (Å²) in [5.41, 5.74) is 13.5. The molecule has 0 bridgehead atoms. The molecule has 0 radical (unpaired) electrons. The highest BCUT2D eigenvalue weighted by Crippen LogP contribution is 2.18. The van der Waals surface area contributed by atoms with E-state index in [4.69, 9.17) is 11.5 Å². The number of rotatable bonds is 7. The summed E-state index contributed by atoms with van der Waals surface area (Å²) in [6.45, 7) is 1.07. The van der Waals surface area contributed by atoms with E-state index in [0.717, 1.165) is 11.1 Å². The van der Waals surface area contributed by atoms with Crippen molar-refractivity contribution in [3.8, 4) is 0 Å². The Morgan fingerprint density at radius 1 is 0.852 bits per heavy atom. The van der Waals surface area contributed by atoms with E-state index in [1.165, 1.54) is 17.8 Å². The maximum Gasteiger partial charge on any atom is 0.233 e. The highest BCUT2D eigenvalue weighted by atomic mass is 32.2. The second kappa shape index (κ2) is 9.05. The Hall–Kier alpha value is -3.06. The highest BCUT2D eigenvalue weighted by molar-refractivity contribution is 7.99.